The van der Waals surface area contributed by atoms with Gasteiger partial charge in [0.2, 0.25) is 0 Å². The third-order valence-corrected chi connectivity index (χ3v) is 3.60. The first kappa shape index (κ1) is 9.65. The molecule has 80 valence electrons. The summed E-state index contributed by atoms with van der Waals surface area (Å²) < 4.78 is 0. The van der Waals surface area contributed by atoms with Gasteiger partial charge in [0, 0.05) is 0 Å². The van der Waals surface area contributed by atoms with Crippen molar-refractivity contribution in [3.05, 3.63) is 53.1 Å². The molecule has 0 N–H and O–H groups in total. The Morgan fingerprint density at radius 3 is 2.69 bits per heavy atom. The van der Waals surface area contributed by atoms with Gasteiger partial charge in [-0.25, -0.2) is 0 Å². The van der Waals surface area contributed by atoms with E-state index in [1.54, 1.807) is 0 Å². The van der Waals surface area contributed by atoms with E-state index < -0.39 is 0 Å². The molecule has 0 radical (unpaired) electrons. The van der Waals surface area contributed by atoms with Crippen molar-refractivity contribution in [1.82, 2.24) is 0 Å². The lowest BCUT2D eigenvalue weighted by molar-refractivity contribution is 0.779. The van der Waals surface area contributed by atoms with Crippen molar-refractivity contribution in [2.75, 3.05) is 0 Å². The van der Waals surface area contributed by atoms with Gasteiger partial charge in [0.1, 0.15) is 0 Å². The number of allylic oxidation sites excluding steroid dienone is 1. The maximum atomic E-state index is 2.32. The summed E-state index contributed by atoms with van der Waals surface area (Å²) in [6.07, 6.45) is 5.73. The van der Waals surface area contributed by atoms with Gasteiger partial charge in [-0.05, 0) is 46.7 Å². The van der Waals surface area contributed by atoms with Crippen LogP contribution in [0.2, 0.25) is 0 Å². The van der Waals surface area contributed by atoms with Crippen LogP contribution in [0.5, 0.6) is 0 Å². The van der Waals surface area contributed by atoms with Crippen molar-refractivity contribution in [3.63, 3.8) is 0 Å². The molecule has 0 saturated carbocycles. The number of benzene rings is 2. The summed E-state index contributed by atoms with van der Waals surface area (Å²) in [6.45, 7) is 4.53. The SMILES string of the molecule is Cc1cc2c(c3ccccc13)C(C)CC=C2. The van der Waals surface area contributed by atoms with Crippen molar-refractivity contribution in [2.45, 2.75) is 26.2 Å². The van der Waals surface area contributed by atoms with E-state index in [1.165, 1.54) is 33.9 Å². The molecule has 1 atom stereocenters. The smallest absolute Gasteiger partial charge is 0.0140 e. The predicted molar refractivity (Wildman–Crippen MR) is 70.8 cm³/mol. The van der Waals surface area contributed by atoms with Crippen LogP contribution >= 0.6 is 0 Å². The Labute approximate surface area is 96.6 Å². The molecule has 0 aliphatic heterocycles. The van der Waals surface area contributed by atoms with Crippen LogP contribution in [0, 0.1) is 6.92 Å². The normalized spacial score (nSPS) is 18.8. The fraction of sp³-hybridized carbons (Fsp3) is 0.250. The predicted octanol–water partition coefficient (Wildman–Crippen LogP) is 4.67. The molecule has 0 aromatic heterocycles. The number of hydrogen-bond donors (Lipinski definition) is 0. The van der Waals surface area contributed by atoms with Crippen LogP contribution in [0.25, 0.3) is 16.8 Å². The maximum absolute atomic E-state index is 2.32. The largest absolute Gasteiger partial charge is 0.0833 e. The van der Waals surface area contributed by atoms with E-state index in [2.05, 4.69) is 56.3 Å². The highest BCUT2D eigenvalue weighted by Gasteiger charge is 2.16. The number of fused-ring (bicyclic) bond motifs is 3. The van der Waals surface area contributed by atoms with E-state index in [0.717, 1.165) is 0 Å². The Bertz CT molecular complexity index is 576. The Balaban J connectivity index is 2.46. The molecule has 0 nitrogen and oxygen atoms in total. The monoisotopic (exact) mass is 208 g/mol. The van der Waals surface area contributed by atoms with E-state index in [-0.39, 0.29) is 0 Å². The van der Waals surface area contributed by atoms with Gasteiger partial charge < -0.3 is 0 Å². The highest BCUT2D eigenvalue weighted by Crippen LogP contribution is 2.36. The molecule has 0 heteroatoms. The first-order valence-corrected chi connectivity index (χ1v) is 5.96. The van der Waals surface area contributed by atoms with E-state index in [0.29, 0.717) is 5.92 Å². The zero-order chi connectivity index (χ0) is 11.1. The number of hydrogen-bond acceptors (Lipinski definition) is 0. The Morgan fingerprint density at radius 2 is 1.88 bits per heavy atom. The topological polar surface area (TPSA) is 0 Å². The van der Waals surface area contributed by atoms with Crippen LogP contribution in [0.1, 0.15) is 36.0 Å². The average molecular weight is 208 g/mol. The summed E-state index contributed by atoms with van der Waals surface area (Å²) in [7, 11) is 0. The fourth-order valence-corrected chi connectivity index (χ4v) is 2.81. The fourth-order valence-electron chi connectivity index (χ4n) is 2.81. The van der Waals surface area contributed by atoms with Gasteiger partial charge in [0.05, 0.1) is 0 Å². The second-order valence-electron chi connectivity index (χ2n) is 4.78. The van der Waals surface area contributed by atoms with Crippen LogP contribution in [0.3, 0.4) is 0 Å². The third kappa shape index (κ3) is 1.30. The highest BCUT2D eigenvalue weighted by atomic mass is 14.2. The summed E-state index contributed by atoms with van der Waals surface area (Å²) in [5.74, 6) is 0.644. The van der Waals surface area contributed by atoms with Gasteiger partial charge in [-0.15, -0.1) is 0 Å². The molecule has 0 fully saturated rings. The molecule has 2 aromatic rings. The van der Waals surface area contributed by atoms with E-state index in [4.69, 9.17) is 0 Å². The third-order valence-electron chi connectivity index (χ3n) is 3.60. The summed E-state index contributed by atoms with van der Waals surface area (Å²) in [6, 6.07) is 11.1. The van der Waals surface area contributed by atoms with Crippen molar-refractivity contribution >= 4 is 16.8 Å². The van der Waals surface area contributed by atoms with Gasteiger partial charge in [0.25, 0.3) is 0 Å². The van der Waals surface area contributed by atoms with E-state index in [1.807, 2.05) is 0 Å². The average Bonchev–Trinajstić information content (AvgIpc) is 2.29. The summed E-state index contributed by atoms with van der Waals surface area (Å²) >= 11 is 0. The van der Waals surface area contributed by atoms with Gasteiger partial charge in [-0.1, -0.05) is 49.4 Å². The zero-order valence-electron chi connectivity index (χ0n) is 9.83. The Hall–Kier alpha value is -1.56. The number of aryl methyl sites for hydroxylation is 1. The molecule has 1 unspecified atom stereocenters. The van der Waals surface area contributed by atoms with Crippen LogP contribution in [-0.4, -0.2) is 0 Å². The zero-order valence-corrected chi connectivity index (χ0v) is 9.83. The second-order valence-corrected chi connectivity index (χ2v) is 4.78. The highest BCUT2D eigenvalue weighted by molar-refractivity contribution is 5.92. The molecular formula is C16H16. The van der Waals surface area contributed by atoms with Crippen molar-refractivity contribution < 1.29 is 0 Å². The minimum Gasteiger partial charge on any atom is -0.0833 e. The molecular weight excluding hydrogens is 192 g/mol. The van der Waals surface area contributed by atoms with Gasteiger partial charge in [-0.3, -0.25) is 0 Å². The molecule has 16 heavy (non-hydrogen) atoms. The molecule has 1 aliphatic carbocycles. The maximum Gasteiger partial charge on any atom is -0.0140 e. The molecule has 0 heterocycles. The quantitative estimate of drug-likeness (QED) is 0.590. The molecule has 1 aliphatic rings. The molecule has 0 bridgehead atoms. The lowest BCUT2D eigenvalue weighted by atomic mass is 9.83. The van der Waals surface area contributed by atoms with Crippen LogP contribution < -0.4 is 0 Å². The van der Waals surface area contributed by atoms with Crippen molar-refractivity contribution in [1.29, 1.82) is 0 Å². The minimum absolute atomic E-state index is 0.644. The van der Waals surface area contributed by atoms with Gasteiger partial charge >= 0.3 is 0 Å². The van der Waals surface area contributed by atoms with E-state index >= 15 is 0 Å². The summed E-state index contributed by atoms with van der Waals surface area (Å²) in [5, 5.41) is 2.85. The minimum atomic E-state index is 0.644. The van der Waals surface area contributed by atoms with Crippen LogP contribution in [0.4, 0.5) is 0 Å². The summed E-state index contributed by atoms with van der Waals surface area (Å²) in [4.78, 5) is 0. The Kier molecular flexibility index (Phi) is 2.10. The molecule has 0 spiro atoms. The van der Waals surface area contributed by atoms with Gasteiger partial charge in [0.15, 0.2) is 0 Å². The first-order valence-electron chi connectivity index (χ1n) is 5.96. The van der Waals surface area contributed by atoms with Crippen molar-refractivity contribution in [3.8, 4) is 0 Å². The molecule has 3 rings (SSSR count). The second kappa shape index (κ2) is 3.48. The number of rotatable bonds is 0. The molecule has 0 saturated heterocycles. The van der Waals surface area contributed by atoms with E-state index in [9.17, 15) is 0 Å². The van der Waals surface area contributed by atoms with Crippen LogP contribution in [-0.2, 0) is 0 Å². The van der Waals surface area contributed by atoms with Crippen molar-refractivity contribution in [2.24, 2.45) is 0 Å². The first-order chi connectivity index (χ1) is 7.77. The lowest BCUT2D eigenvalue weighted by Gasteiger charge is -2.21. The molecule has 0 amide bonds. The van der Waals surface area contributed by atoms with Crippen LogP contribution in [0.15, 0.2) is 36.4 Å². The standard InChI is InChI=1S/C16H16/c1-11-6-5-7-13-10-12(2)14-8-3-4-9-15(14)16(11)13/h3-5,7-11H,6H2,1-2H3. The Morgan fingerprint density at radius 1 is 1.12 bits per heavy atom. The lowest BCUT2D eigenvalue weighted by Crippen LogP contribution is -2.01. The van der Waals surface area contributed by atoms with Gasteiger partial charge in [-0.2, -0.15) is 0 Å². The molecule has 2 aromatic carbocycles. The summed E-state index contributed by atoms with van der Waals surface area (Å²) in [5.41, 5.74) is 4.33.